The van der Waals surface area contributed by atoms with Crippen LogP contribution < -0.4 is 5.62 Å². The van der Waals surface area contributed by atoms with Crippen molar-refractivity contribution in [1.29, 1.82) is 0 Å². The summed E-state index contributed by atoms with van der Waals surface area (Å²) >= 11 is 0. The molecular formula is C13H24BN3. The van der Waals surface area contributed by atoms with Crippen LogP contribution in [0.1, 0.15) is 57.5 Å². The van der Waals surface area contributed by atoms with Gasteiger partial charge in [0.05, 0.1) is 0 Å². The molecule has 17 heavy (non-hydrogen) atoms. The number of imidazole rings is 1. The van der Waals surface area contributed by atoms with Gasteiger partial charge in [0.2, 0.25) is 5.62 Å². The Morgan fingerprint density at radius 1 is 1.59 bits per heavy atom. The maximum absolute atomic E-state index is 4.42. The summed E-state index contributed by atoms with van der Waals surface area (Å²) in [6, 6.07) is 0.530. The Balaban J connectivity index is 2.64. The molecule has 0 spiro atoms. The van der Waals surface area contributed by atoms with Crippen molar-refractivity contribution in [3.63, 3.8) is 0 Å². The second-order valence-electron chi connectivity index (χ2n) is 5.86. The fourth-order valence-electron chi connectivity index (χ4n) is 2.94. The molecule has 2 rings (SSSR count). The zero-order chi connectivity index (χ0) is 12.6. The Labute approximate surface area is 105 Å². The van der Waals surface area contributed by atoms with Crippen molar-refractivity contribution in [2.75, 3.05) is 7.05 Å². The lowest BCUT2D eigenvalue weighted by atomic mass is 9.62. The van der Waals surface area contributed by atoms with Crippen LogP contribution in [-0.2, 0) is 11.7 Å². The molecule has 1 aromatic heterocycles. The van der Waals surface area contributed by atoms with Gasteiger partial charge < -0.3 is 9.55 Å². The minimum atomic E-state index is 0.270. The third-order valence-corrected chi connectivity index (χ3v) is 4.18. The normalized spacial score (nSPS) is 26.9. The SMILES string of the molecule is BC1(C)CCCc2c1[nH]/c(=N/C)n2C(C)CC. The van der Waals surface area contributed by atoms with E-state index in [1.165, 1.54) is 30.7 Å². The number of fused-ring (bicyclic) bond motifs is 1. The van der Waals surface area contributed by atoms with Crippen molar-refractivity contribution >= 4 is 7.85 Å². The van der Waals surface area contributed by atoms with Crippen molar-refractivity contribution in [3.05, 3.63) is 17.0 Å². The lowest BCUT2D eigenvalue weighted by Gasteiger charge is -2.30. The monoisotopic (exact) mass is 233 g/mol. The van der Waals surface area contributed by atoms with Gasteiger partial charge in [0.1, 0.15) is 7.85 Å². The summed E-state index contributed by atoms with van der Waals surface area (Å²) in [5, 5.41) is 0.270. The molecule has 2 unspecified atom stereocenters. The van der Waals surface area contributed by atoms with E-state index < -0.39 is 0 Å². The minimum Gasteiger partial charge on any atom is -0.328 e. The summed E-state index contributed by atoms with van der Waals surface area (Å²) in [7, 11) is 4.21. The number of aromatic amines is 1. The first-order valence-corrected chi connectivity index (χ1v) is 6.78. The van der Waals surface area contributed by atoms with Gasteiger partial charge in [-0.05, 0) is 37.9 Å². The van der Waals surface area contributed by atoms with Crippen LogP contribution in [0.3, 0.4) is 0 Å². The highest BCUT2D eigenvalue weighted by molar-refractivity contribution is 6.15. The number of hydrogen-bond acceptors (Lipinski definition) is 1. The molecule has 1 aliphatic carbocycles. The van der Waals surface area contributed by atoms with Crippen LogP contribution in [-0.4, -0.2) is 24.4 Å². The van der Waals surface area contributed by atoms with Crippen molar-refractivity contribution in [1.82, 2.24) is 9.55 Å². The van der Waals surface area contributed by atoms with E-state index in [4.69, 9.17) is 0 Å². The molecule has 2 atom stereocenters. The van der Waals surface area contributed by atoms with Crippen molar-refractivity contribution in [3.8, 4) is 0 Å². The van der Waals surface area contributed by atoms with Gasteiger partial charge in [-0.3, -0.25) is 4.99 Å². The lowest BCUT2D eigenvalue weighted by molar-refractivity contribution is 0.461. The lowest BCUT2D eigenvalue weighted by Crippen LogP contribution is -2.29. The molecule has 0 aromatic carbocycles. The average molecular weight is 233 g/mol. The Kier molecular flexibility index (Phi) is 3.24. The van der Waals surface area contributed by atoms with Crippen molar-refractivity contribution in [2.24, 2.45) is 4.99 Å². The number of rotatable bonds is 2. The van der Waals surface area contributed by atoms with Gasteiger partial charge in [-0.25, -0.2) is 0 Å². The molecule has 0 bridgehead atoms. The minimum absolute atomic E-state index is 0.270. The second-order valence-corrected chi connectivity index (χ2v) is 5.86. The van der Waals surface area contributed by atoms with Gasteiger partial charge in [0.15, 0.2) is 0 Å². The Hall–Kier alpha value is -0.925. The standard InChI is InChI=1S/C13H24BN3/c1-5-9(2)17-10-7-6-8-13(3,14)11(10)16-12(17)15-4/h9H,5-8,14H2,1-4H3,(H,15,16). The summed E-state index contributed by atoms with van der Waals surface area (Å²) in [4.78, 5) is 7.97. The van der Waals surface area contributed by atoms with Gasteiger partial charge in [-0.2, -0.15) is 0 Å². The predicted octanol–water partition coefficient (Wildman–Crippen LogP) is 1.50. The Bertz CT molecular complexity index is 467. The van der Waals surface area contributed by atoms with Gasteiger partial charge in [-0.1, -0.05) is 13.8 Å². The molecule has 0 fully saturated rings. The smallest absolute Gasteiger partial charge is 0.202 e. The molecule has 1 aromatic rings. The predicted molar refractivity (Wildman–Crippen MR) is 74.1 cm³/mol. The zero-order valence-corrected chi connectivity index (χ0v) is 11.8. The molecule has 0 radical (unpaired) electrons. The van der Waals surface area contributed by atoms with E-state index >= 15 is 0 Å². The quantitative estimate of drug-likeness (QED) is 0.751. The van der Waals surface area contributed by atoms with Crippen LogP contribution in [0.15, 0.2) is 4.99 Å². The molecule has 4 heteroatoms. The Morgan fingerprint density at radius 3 is 2.88 bits per heavy atom. The molecule has 94 valence electrons. The molecule has 0 amide bonds. The highest BCUT2D eigenvalue weighted by atomic mass is 15.2. The summed E-state index contributed by atoms with van der Waals surface area (Å²) < 4.78 is 2.41. The molecule has 0 saturated carbocycles. The van der Waals surface area contributed by atoms with Crippen molar-refractivity contribution in [2.45, 2.75) is 57.8 Å². The highest BCUT2D eigenvalue weighted by Crippen LogP contribution is 2.33. The topological polar surface area (TPSA) is 33.1 Å². The second kappa shape index (κ2) is 4.39. The third-order valence-electron chi connectivity index (χ3n) is 4.18. The summed E-state index contributed by atoms with van der Waals surface area (Å²) in [5.74, 6) is 0. The third kappa shape index (κ3) is 1.98. The largest absolute Gasteiger partial charge is 0.328 e. The van der Waals surface area contributed by atoms with E-state index in [0.717, 1.165) is 12.0 Å². The van der Waals surface area contributed by atoms with Gasteiger partial charge in [0, 0.05) is 24.5 Å². The number of nitrogens with one attached hydrogen (secondary N) is 1. The number of aromatic nitrogens is 2. The first-order valence-electron chi connectivity index (χ1n) is 6.78. The van der Waals surface area contributed by atoms with E-state index in [1.54, 1.807) is 0 Å². The van der Waals surface area contributed by atoms with Gasteiger partial charge in [0.25, 0.3) is 0 Å². The van der Waals surface area contributed by atoms with Crippen molar-refractivity contribution < 1.29 is 0 Å². The maximum atomic E-state index is 4.42. The summed E-state index contributed by atoms with van der Waals surface area (Å²) in [6.07, 6.45) is 4.90. The fourth-order valence-corrected chi connectivity index (χ4v) is 2.94. The molecule has 3 nitrogen and oxygen atoms in total. The number of nitrogens with zero attached hydrogens (tertiary/aromatic N) is 2. The maximum Gasteiger partial charge on any atom is 0.202 e. The van der Waals surface area contributed by atoms with Crippen LogP contribution >= 0.6 is 0 Å². The van der Waals surface area contributed by atoms with E-state index in [2.05, 4.69) is 43.2 Å². The van der Waals surface area contributed by atoms with Crippen LogP contribution in [0.25, 0.3) is 0 Å². The summed E-state index contributed by atoms with van der Waals surface area (Å²) in [5.41, 5.74) is 3.93. The molecule has 1 N–H and O–H groups in total. The highest BCUT2D eigenvalue weighted by Gasteiger charge is 2.31. The molecule has 1 heterocycles. The Morgan fingerprint density at radius 2 is 2.29 bits per heavy atom. The first-order chi connectivity index (χ1) is 8.01. The van der Waals surface area contributed by atoms with Crippen LogP contribution in [0.5, 0.6) is 0 Å². The van der Waals surface area contributed by atoms with Crippen LogP contribution in [0.4, 0.5) is 0 Å². The van der Waals surface area contributed by atoms with Crippen LogP contribution in [0, 0.1) is 0 Å². The molecule has 0 aliphatic heterocycles. The average Bonchev–Trinajstić information content (AvgIpc) is 2.67. The van der Waals surface area contributed by atoms with Gasteiger partial charge in [-0.15, -0.1) is 0 Å². The van der Waals surface area contributed by atoms with Crippen LogP contribution in [0.2, 0.25) is 0 Å². The van der Waals surface area contributed by atoms with E-state index in [0.29, 0.717) is 6.04 Å². The number of H-pyrrole nitrogens is 1. The molecular weight excluding hydrogens is 209 g/mol. The van der Waals surface area contributed by atoms with Gasteiger partial charge >= 0.3 is 0 Å². The van der Waals surface area contributed by atoms with E-state index in [-0.39, 0.29) is 5.31 Å². The first kappa shape index (κ1) is 12.5. The zero-order valence-electron chi connectivity index (χ0n) is 11.8. The molecule has 0 saturated heterocycles. The molecule has 1 aliphatic rings. The fraction of sp³-hybridized carbons (Fsp3) is 0.769. The summed E-state index contributed by atoms with van der Waals surface area (Å²) in [6.45, 7) is 6.86. The van der Waals surface area contributed by atoms with E-state index in [9.17, 15) is 0 Å². The van der Waals surface area contributed by atoms with E-state index in [1.807, 2.05) is 7.05 Å². The number of hydrogen-bond donors (Lipinski definition) is 1.